The monoisotopic (exact) mass is 356 g/mol. The van der Waals surface area contributed by atoms with Crippen molar-refractivity contribution in [1.82, 2.24) is 9.55 Å². The molecule has 0 spiro atoms. The van der Waals surface area contributed by atoms with Crippen molar-refractivity contribution >= 4 is 33.3 Å². The molecule has 0 radical (unpaired) electrons. The molecule has 0 N–H and O–H groups in total. The number of aromatic nitrogens is 2. The van der Waals surface area contributed by atoms with Gasteiger partial charge in [-0.2, -0.15) is 0 Å². The normalized spacial score (nSPS) is 17.2. The lowest BCUT2D eigenvalue weighted by Crippen LogP contribution is -2.22. The maximum Gasteiger partial charge on any atom is 0.262 e. The molecule has 2 aromatic heterocycles. The summed E-state index contributed by atoms with van der Waals surface area (Å²) in [5, 5.41) is 0.866. The van der Waals surface area contributed by atoms with Crippen molar-refractivity contribution in [2.45, 2.75) is 37.6 Å². The highest BCUT2D eigenvalue weighted by Crippen LogP contribution is 2.35. The minimum Gasteiger partial charge on any atom is -0.294 e. The highest BCUT2D eigenvalue weighted by molar-refractivity contribution is 7.98. The third-order valence-electron chi connectivity index (χ3n) is 4.79. The predicted molar refractivity (Wildman–Crippen MR) is 102 cm³/mol. The Labute approximate surface area is 149 Å². The van der Waals surface area contributed by atoms with E-state index in [0.717, 1.165) is 28.6 Å². The van der Waals surface area contributed by atoms with Gasteiger partial charge in [-0.05, 0) is 54.7 Å². The van der Waals surface area contributed by atoms with Crippen molar-refractivity contribution in [1.29, 1.82) is 0 Å². The molecule has 1 aliphatic carbocycles. The van der Waals surface area contributed by atoms with E-state index in [-0.39, 0.29) is 5.56 Å². The molecule has 5 heteroatoms. The van der Waals surface area contributed by atoms with E-state index in [1.165, 1.54) is 21.8 Å². The van der Waals surface area contributed by atoms with Crippen LogP contribution in [0.5, 0.6) is 0 Å². The number of hydrogen-bond acceptors (Lipinski definition) is 4. The quantitative estimate of drug-likeness (QED) is 0.654. The van der Waals surface area contributed by atoms with E-state index in [1.807, 2.05) is 0 Å². The molecule has 0 unspecified atom stereocenters. The smallest absolute Gasteiger partial charge is 0.262 e. The summed E-state index contributed by atoms with van der Waals surface area (Å²) >= 11 is 3.44. The molecule has 1 aliphatic rings. The van der Waals surface area contributed by atoms with E-state index in [0.29, 0.717) is 12.5 Å². The zero-order chi connectivity index (χ0) is 16.7. The number of nitrogens with zero attached hydrogens (tertiary/aromatic N) is 2. The van der Waals surface area contributed by atoms with Gasteiger partial charge in [0, 0.05) is 9.77 Å². The molecule has 0 saturated carbocycles. The second-order valence-corrected chi connectivity index (χ2v) is 8.52. The number of fused-ring (bicyclic) bond motifs is 3. The fourth-order valence-corrected chi connectivity index (χ4v) is 5.16. The molecule has 3 nitrogen and oxygen atoms in total. The lowest BCUT2D eigenvalue weighted by atomic mass is 9.89. The van der Waals surface area contributed by atoms with E-state index in [9.17, 15) is 4.79 Å². The van der Waals surface area contributed by atoms with Crippen LogP contribution in [0.3, 0.4) is 0 Å². The average Bonchev–Trinajstić information content (AvgIpc) is 2.96. The SMILES string of the molecule is CSc1ccc(Cn2cnc3sc4c(c3c2=O)CC[C@@H](C)C4)cc1. The van der Waals surface area contributed by atoms with Crippen LogP contribution < -0.4 is 5.56 Å². The van der Waals surface area contributed by atoms with Crippen LogP contribution in [0.4, 0.5) is 0 Å². The van der Waals surface area contributed by atoms with Crippen LogP contribution in [0.2, 0.25) is 0 Å². The van der Waals surface area contributed by atoms with E-state index in [4.69, 9.17) is 0 Å². The van der Waals surface area contributed by atoms with Gasteiger partial charge in [-0.25, -0.2) is 4.98 Å². The number of aryl methyl sites for hydroxylation is 1. The first kappa shape index (κ1) is 15.9. The molecule has 2 heterocycles. The zero-order valence-electron chi connectivity index (χ0n) is 13.9. The number of benzene rings is 1. The van der Waals surface area contributed by atoms with Gasteiger partial charge < -0.3 is 0 Å². The first-order valence-corrected chi connectivity index (χ1v) is 10.3. The summed E-state index contributed by atoms with van der Waals surface area (Å²) in [6, 6.07) is 8.39. The van der Waals surface area contributed by atoms with E-state index < -0.39 is 0 Å². The summed E-state index contributed by atoms with van der Waals surface area (Å²) in [5.74, 6) is 0.711. The summed E-state index contributed by atoms with van der Waals surface area (Å²) in [4.78, 5) is 21.1. The van der Waals surface area contributed by atoms with Crippen LogP contribution in [0.25, 0.3) is 10.2 Å². The Kier molecular flexibility index (Phi) is 4.22. The van der Waals surface area contributed by atoms with Crippen LogP contribution in [0, 0.1) is 5.92 Å². The molecule has 0 fully saturated rings. The van der Waals surface area contributed by atoms with Crippen molar-refractivity contribution in [3.05, 3.63) is 57.0 Å². The average molecular weight is 357 g/mol. The summed E-state index contributed by atoms with van der Waals surface area (Å²) in [7, 11) is 0. The summed E-state index contributed by atoms with van der Waals surface area (Å²) < 4.78 is 1.75. The van der Waals surface area contributed by atoms with Gasteiger partial charge in [0.1, 0.15) is 4.83 Å². The molecule has 1 aromatic carbocycles. The van der Waals surface area contributed by atoms with Crippen LogP contribution in [0.1, 0.15) is 29.3 Å². The molecule has 124 valence electrons. The minimum absolute atomic E-state index is 0.112. The third-order valence-corrected chi connectivity index (χ3v) is 6.70. The second kappa shape index (κ2) is 6.37. The maximum absolute atomic E-state index is 13.0. The van der Waals surface area contributed by atoms with Gasteiger partial charge >= 0.3 is 0 Å². The van der Waals surface area contributed by atoms with E-state index in [1.54, 1.807) is 34.0 Å². The second-order valence-electron chi connectivity index (χ2n) is 6.56. The minimum atomic E-state index is 0.112. The van der Waals surface area contributed by atoms with E-state index >= 15 is 0 Å². The van der Waals surface area contributed by atoms with Crippen LogP contribution in [-0.4, -0.2) is 15.8 Å². The Bertz CT molecular complexity index is 940. The van der Waals surface area contributed by atoms with Crippen LogP contribution >= 0.6 is 23.1 Å². The third kappa shape index (κ3) is 2.80. The van der Waals surface area contributed by atoms with Gasteiger partial charge in [0.15, 0.2) is 0 Å². The van der Waals surface area contributed by atoms with Gasteiger partial charge in [-0.15, -0.1) is 23.1 Å². The topological polar surface area (TPSA) is 34.9 Å². The molecule has 0 saturated heterocycles. The predicted octanol–water partition coefficient (Wildman–Crippen LogP) is 4.35. The Morgan fingerprint density at radius 1 is 1.33 bits per heavy atom. The number of hydrogen-bond donors (Lipinski definition) is 0. The lowest BCUT2D eigenvalue weighted by molar-refractivity contribution is 0.509. The summed E-state index contributed by atoms with van der Waals surface area (Å²) in [6.45, 7) is 2.87. The Hall–Kier alpha value is -1.59. The van der Waals surface area contributed by atoms with Crippen LogP contribution in [0.15, 0.2) is 40.3 Å². The molecule has 3 aromatic rings. The van der Waals surface area contributed by atoms with E-state index in [2.05, 4.69) is 42.4 Å². The molecular weight excluding hydrogens is 336 g/mol. The molecule has 0 aliphatic heterocycles. The van der Waals surface area contributed by atoms with Gasteiger partial charge in [-0.1, -0.05) is 19.1 Å². The number of thiophene rings is 1. The van der Waals surface area contributed by atoms with Gasteiger partial charge in [0.2, 0.25) is 0 Å². The van der Waals surface area contributed by atoms with Gasteiger partial charge in [-0.3, -0.25) is 9.36 Å². The Balaban J connectivity index is 1.74. The highest BCUT2D eigenvalue weighted by atomic mass is 32.2. The van der Waals surface area contributed by atoms with Crippen molar-refractivity contribution in [3.8, 4) is 0 Å². The summed E-state index contributed by atoms with van der Waals surface area (Å²) in [6.07, 6.45) is 7.05. The largest absolute Gasteiger partial charge is 0.294 e. The molecule has 4 rings (SSSR count). The first-order valence-electron chi connectivity index (χ1n) is 8.28. The zero-order valence-corrected chi connectivity index (χ0v) is 15.5. The van der Waals surface area contributed by atoms with Crippen molar-refractivity contribution in [3.63, 3.8) is 0 Å². The van der Waals surface area contributed by atoms with Gasteiger partial charge in [0.05, 0.1) is 18.3 Å². The lowest BCUT2D eigenvalue weighted by Gasteiger charge is -2.17. The molecular formula is C19H20N2OS2. The van der Waals surface area contributed by atoms with Crippen LogP contribution in [-0.2, 0) is 19.4 Å². The molecule has 24 heavy (non-hydrogen) atoms. The molecule has 0 bridgehead atoms. The number of thioether (sulfide) groups is 1. The molecule has 1 atom stereocenters. The standard InChI is InChI=1S/C19H20N2OS2/c1-12-3-8-15-16(9-12)24-18-17(15)19(22)21(11-20-18)10-13-4-6-14(23-2)7-5-13/h4-7,11-12H,3,8-10H2,1-2H3/t12-/m1/s1. The Morgan fingerprint density at radius 3 is 2.88 bits per heavy atom. The van der Waals surface area contributed by atoms with Gasteiger partial charge in [0.25, 0.3) is 5.56 Å². The first-order chi connectivity index (χ1) is 11.7. The number of rotatable bonds is 3. The summed E-state index contributed by atoms with van der Waals surface area (Å²) in [5.41, 5.74) is 2.51. The highest BCUT2D eigenvalue weighted by Gasteiger charge is 2.23. The fraction of sp³-hybridized carbons (Fsp3) is 0.368. The van der Waals surface area contributed by atoms with Crippen molar-refractivity contribution in [2.75, 3.05) is 6.26 Å². The van der Waals surface area contributed by atoms with Crippen molar-refractivity contribution in [2.24, 2.45) is 5.92 Å². The fourth-order valence-electron chi connectivity index (χ4n) is 3.41. The maximum atomic E-state index is 13.0. The van der Waals surface area contributed by atoms with Crippen molar-refractivity contribution < 1.29 is 0 Å². The molecule has 0 amide bonds. The Morgan fingerprint density at radius 2 is 2.12 bits per heavy atom.